The van der Waals surface area contributed by atoms with Gasteiger partial charge >= 0.3 is 5.97 Å². The summed E-state index contributed by atoms with van der Waals surface area (Å²) in [5, 5.41) is 8.11. The third-order valence-electron chi connectivity index (χ3n) is 6.95. The van der Waals surface area contributed by atoms with Gasteiger partial charge in [-0.25, -0.2) is 4.79 Å². The first-order valence-electron chi connectivity index (χ1n) is 11.8. The van der Waals surface area contributed by atoms with Crippen LogP contribution in [-0.4, -0.2) is 35.3 Å². The number of amides is 1. The molecule has 4 aromatic rings. The minimum atomic E-state index is -0.493. The Balaban J connectivity index is 1.52. The highest BCUT2D eigenvalue weighted by Crippen LogP contribution is 2.36. The number of carbonyl (C=O) groups excluding carboxylic acids is 2. The van der Waals surface area contributed by atoms with E-state index < -0.39 is 5.97 Å². The van der Waals surface area contributed by atoms with Gasteiger partial charge in [0.05, 0.1) is 18.2 Å². The fraction of sp³-hybridized carbons (Fsp3) is 0.333. The van der Waals surface area contributed by atoms with Crippen molar-refractivity contribution in [3.05, 3.63) is 75.8 Å². The Hall–Kier alpha value is -3.94. The highest BCUT2D eigenvalue weighted by molar-refractivity contribution is 6.14. The normalized spacial score (nSPS) is 18.0. The van der Waals surface area contributed by atoms with Crippen LogP contribution < -0.4 is 10.9 Å². The number of carbonyl (C=O) groups is 2. The van der Waals surface area contributed by atoms with E-state index in [2.05, 4.69) is 10.5 Å². The third-order valence-corrected chi connectivity index (χ3v) is 6.95. The third kappa shape index (κ3) is 4.09. The number of aromatic nitrogens is 2. The molecule has 2 heterocycles. The van der Waals surface area contributed by atoms with Crippen molar-refractivity contribution in [3.8, 4) is 0 Å². The van der Waals surface area contributed by atoms with Crippen molar-refractivity contribution in [2.45, 2.75) is 38.6 Å². The van der Waals surface area contributed by atoms with Crippen molar-refractivity contribution >= 4 is 33.7 Å². The molecule has 2 atom stereocenters. The van der Waals surface area contributed by atoms with Gasteiger partial charge in [-0.05, 0) is 56.4 Å². The fourth-order valence-electron chi connectivity index (χ4n) is 5.27. The summed E-state index contributed by atoms with van der Waals surface area (Å²) < 4.78 is 12.2. The molecule has 1 saturated carbocycles. The van der Waals surface area contributed by atoms with Crippen molar-refractivity contribution in [3.63, 3.8) is 0 Å². The van der Waals surface area contributed by atoms with Crippen molar-refractivity contribution in [2.24, 2.45) is 5.92 Å². The maximum Gasteiger partial charge on any atom is 0.338 e. The van der Waals surface area contributed by atoms with Crippen LogP contribution in [0.2, 0.25) is 0 Å². The molecule has 0 aliphatic heterocycles. The van der Waals surface area contributed by atoms with Crippen LogP contribution in [0.5, 0.6) is 0 Å². The molecule has 2 aromatic heterocycles. The number of esters is 1. The van der Waals surface area contributed by atoms with E-state index in [0.29, 0.717) is 45.2 Å². The molecule has 1 N–H and O–H groups in total. The van der Waals surface area contributed by atoms with E-state index in [1.807, 2.05) is 24.3 Å². The molecule has 180 valence electrons. The van der Waals surface area contributed by atoms with E-state index in [9.17, 15) is 14.4 Å². The van der Waals surface area contributed by atoms with Gasteiger partial charge < -0.3 is 19.1 Å². The van der Waals surface area contributed by atoms with Crippen LogP contribution in [0, 0.1) is 12.8 Å². The summed E-state index contributed by atoms with van der Waals surface area (Å²) in [6.45, 7) is 2.25. The lowest BCUT2D eigenvalue weighted by molar-refractivity contribution is 0.0603. The van der Waals surface area contributed by atoms with E-state index in [1.165, 1.54) is 7.11 Å². The van der Waals surface area contributed by atoms with Gasteiger partial charge in [-0.2, -0.15) is 0 Å². The zero-order valence-corrected chi connectivity index (χ0v) is 19.7. The van der Waals surface area contributed by atoms with Crippen molar-refractivity contribution in [1.82, 2.24) is 15.0 Å². The Morgan fingerprint density at radius 3 is 2.69 bits per heavy atom. The molecule has 35 heavy (non-hydrogen) atoms. The smallest absolute Gasteiger partial charge is 0.338 e. The number of fused-ring (bicyclic) bond motifs is 3. The number of benzene rings is 2. The number of pyridine rings is 1. The number of nitrogens with one attached hydrogen (secondary N) is 1. The number of hydrogen-bond donors (Lipinski definition) is 1. The van der Waals surface area contributed by atoms with Crippen molar-refractivity contribution < 1.29 is 18.8 Å². The molecule has 8 nitrogen and oxygen atoms in total. The van der Waals surface area contributed by atoms with E-state index in [4.69, 9.17) is 9.26 Å². The quantitative estimate of drug-likeness (QED) is 0.431. The molecule has 2 unspecified atom stereocenters. The molecule has 5 rings (SSSR count). The Morgan fingerprint density at radius 1 is 1.11 bits per heavy atom. The molecule has 1 amide bonds. The molecular formula is C27H27N3O5. The van der Waals surface area contributed by atoms with Gasteiger partial charge in [-0.15, -0.1) is 0 Å². The summed E-state index contributed by atoms with van der Waals surface area (Å²) in [7, 11) is 1.33. The van der Waals surface area contributed by atoms with Gasteiger partial charge in [-0.1, -0.05) is 35.8 Å². The molecule has 2 aromatic carbocycles. The van der Waals surface area contributed by atoms with Crippen LogP contribution in [0.15, 0.2) is 57.8 Å². The van der Waals surface area contributed by atoms with Crippen LogP contribution in [-0.2, 0) is 4.74 Å². The Bertz CT molecular complexity index is 1470. The second-order valence-corrected chi connectivity index (χ2v) is 9.09. The van der Waals surface area contributed by atoms with Gasteiger partial charge in [0.25, 0.3) is 11.5 Å². The number of aryl methyl sites for hydroxylation is 1. The van der Waals surface area contributed by atoms with Crippen molar-refractivity contribution in [1.29, 1.82) is 0 Å². The molecule has 0 radical (unpaired) electrons. The first-order chi connectivity index (χ1) is 17.0. The van der Waals surface area contributed by atoms with Crippen LogP contribution in [0.25, 0.3) is 21.8 Å². The molecule has 8 heteroatoms. The minimum Gasteiger partial charge on any atom is -0.465 e. The van der Waals surface area contributed by atoms with Crippen LogP contribution in [0.3, 0.4) is 0 Å². The van der Waals surface area contributed by atoms with Crippen molar-refractivity contribution in [2.75, 3.05) is 13.7 Å². The first kappa shape index (κ1) is 22.8. The topological polar surface area (TPSA) is 103 Å². The number of hydrogen-bond acceptors (Lipinski definition) is 6. The van der Waals surface area contributed by atoms with Gasteiger partial charge in [-0.3, -0.25) is 9.59 Å². The number of rotatable bonds is 5. The summed E-state index contributed by atoms with van der Waals surface area (Å²) in [6, 6.07) is 14.3. The Kier molecular flexibility index (Phi) is 6.11. The highest BCUT2D eigenvalue weighted by atomic mass is 16.5. The predicted molar refractivity (Wildman–Crippen MR) is 132 cm³/mol. The zero-order chi connectivity index (χ0) is 24.5. The monoisotopic (exact) mass is 473 g/mol. The molecule has 0 spiro atoms. The van der Waals surface area contributed by atoms with E-state index in [0.717, 1.165) is 25.7 Å². The van der Waals surface area contributed by atoms with Crippen LogP contribution in [0.4, 0.5) is 0 Å². The van der Waals surface area contributed by atoms with Gasteiger partial charge in [0.1, 0.15) is 16.7 Å². The molecule has 1 fully saturated rings. The summed E-state index contributed by atoms with van der Waals surface area (Å²) in [4.78, 5) is 38.8. The second kappa shape index (κ2) is 9.37. The second-order valence-electron chi connectivity index (χ2n) is 9.09. The summed E-state index contributed by atoms with van der Waals surface area (Å²) in [5.41, 5.74) is 1.82. The summed E-state index contributed by atoms with van der Waals surface area (Å²) >= 11 is 0. The maximum absolute atomic E-state index is 13.7. The average molecular weight is 474 g/mol. The number of methoxy groups -OCH3 is 1. The summed E-state index contributed by atoms with van der Waals surface area (Å²) in [5.74, 6) is 0.0571. The van der Waals surface area contributed by atoms with E-state index in [-0.39, 0.29) is 23.4 Å². The van der Waals surface area contributed by atoms with Gasteiger partial charge in [0, 0.05) is 23.5 Å². The molecule has 0 bridgehead atoms. The number of nitrogens with zero attached hydrogens (tertiary/aromatic N) is 2. The average Bonchev–Trinajstić information content (AvgIpc) is 3.29. The molecular weight excluding hydrogens is 446 g/mol. The highest BCUT2D eigenvalue weighted by Gasteiger charge is 2.29. The van der Waals surface area contributed by atoms with Crippen LogP contribution >= 0.6 is 0 Å². The van der Waals surface area contributed by atoms with E-state index >= 15 is 0 Å². The Labute approximate surface area is 201 Å². The van der Waals surface area contributed by atoms with Gasteiger partial charge in [0.2, 0.25) is 0 Å². The predicted octanol–water partition coefficient (Wildman–Crippen LogP) is 4.40. The largest absolute Gasteiger partial charge is 0.465 e. The molecule has 1 aliphatic carbocycles. The lowest BCUT2D eigenvalue weighted by Gasteiger charge is -2.31. The number of ether oxygens (including phenoxy) is 1. The fourth-order valence-corrected chi connectivity index (χ4v) is 5.27. The SMILES string of the molecule is COC(=O)c1cccc2c1c1noc(C)c1c(=O)n2C1CCCC(CNC(=O)c2ccccc2)C1. The first-order valence-corrected chi connectivity index (χ1v) is 11.8. The summed E-state index contributed by atoms with van der Waals surface area (Å²) in [6.07, 6.45) is 3.47. The lowest BCUT2D eigenvalue weighted by Crippen LogP contribution is -2.34. The van der Waals surface area contributed by atoms with E-state index in [1.54, 1.807) is 35.8 Å². The maximum atomic E-state index is 13.7. The zero-order valence-electron chi connectivity index (χ0n) is 19.7. The standard InChI is InChI=1S/C27H27N3O5/c1-16-22-24(29-35-16)23-20(27(33)34-2)12-7-13-21(23)30(26(22)32)19-11-6-8-17(14-19)15-28-25(31)18-9-4-3-5-10-18/h3-5,7,9-10,12-13,17,19H,6,8,11,14-15H2,1-2H3,(H,28,31). The lowest BCUT2D eigenvalue weighted by atomic mass is 9.85. The Morgan fingerprint density at radius 2 is 1.91 bits per heavy atom. The van der Waals surface area contributed by atoms with Crippen LogP contribution in [0.1, 0.15) is 58.2 Å². The van der Waals surface area contributed by atoms with Gasteiger partial charge in [0.15, 0.2) is 0 Å². The molecule has 0 saturated heterocycles. The molecule has 1 aliphatic rings. The minimum absolute atomic E-state index is 0.0797.